The molecule has 0 bridgehead atoms. The number of amides is 2. The van der Waals surface area contributed by atoms with E-state index in [9.17, 15) is 18.0 Å². The van der Waals surface area contributed by atoms with E-state index < -0.39 is 10.0 Å². The van der Waals surface area contributed by atoms with Crippen molar-refractivity contribution in [3.63, 3.8) is 0 Å². The Balaban J connectivity index is 1.46. The number of rotatable bonds is 8. The van der Waals surface area contributed by atoms with E-state index in [0.717, 1.165) is 12.8 Å². The van der Waals surface area contributed by atoms with Gasteiger partial charge in [-0.25, -0.2) is 13.1 Å². The summed E-state index contributed by atoms with van der Waals surface area (Å²) in [7, 11) is -3.75. The predicted octanol–water partition coefficient (Wildman–Crippen LogP) is 2.40. The van der Waals surface area contributed by atoms with Crippen LogP contribution in [0.1, 0.15) is 23.2 Å². The second-order valence-electron chi connectivity index (χ2n) is 6.42. The molecule has 1 aliphatic rings. The maximum absolute atomic E-state index is 12.2. The highest BCUT2D eigenvalue weighted by Crippen LogP contribution is 2.30. The molecule has 2 amide bonds. The van der Waals surface area contributed by atoms with Gasteiger partial charge in [0.2, 0.25) is 15.9 Å². The summed E-state index contributed by atoms with van der Waals surface area (Å²) in [6, 6.07) is 12.7. The fourth-order valence-corrected chi connectivity index (χ4v) is 4.05. The second kappa shape index (κ2) is 8.72. The third-order valence-corrected chi connectivity index (χ3v) is 6.15. The lowest BCUT2D eigenvalue weighted by atomic mass is 10.2. The van der Waals surface area contributed by atoms with Gasteiger partial charge in [-0.15, -0.1) is 0 Å². The number of carbonyl (C=O) groups excluding carboxylic acids is 2. The van der Waals surface area contributed by atoms with Gasteiger partial charge < -0.3 is 10.6 Å². The molecule has 3 N–H and O–H groups in total. The molecule has 0 spiro atoms. The molecule has 0 unspecified atom stereocenters. The fourth-order valence-electron chi connectivity index (χ4n) is 2.50. The van der Waals surface area contributed by atoms with Crippen LogP contribution < -0.4 is 15.4 Å². The highest BCUT2D eigenvalue weighted by molar-refractivity contribution is 7.89. The Morgan fingerprint density at radius 1 is 1.00 bits per heavy atom. The van der Waals surface area contributed by atoms with Crippen LogP contribution in [-0.4, -0.2) is 33.3 Å². The van der Waals surface area contributed by atoms with Gasteiger partial charge in [-0.05, 0) is 49.2 Å². The molecule has 0 aliphatic heterocycles. The molecule has 0 saturated heterocycles. The van der Waals surface area contributed by atoms with E-state index in [0.29, 0.717) is 11.3 Å². The molecule has 0 atom stereocenters. The highest BCUT2D eigenvalue weighted by Gasteiger charge is 2.29. The average Bonchev–Trinajstić information content (AvgIpc) is 3.51. The summed E-state index contributed by atoms with van der Waals surface area (Å²) in [5.41, 5.74) is 1.05. The first-order valence-electron chi connectivity index (χ1n) is 8.80. The standard InChI is InChI=1S/C19H20ClN3O4S/c20-16-3-1-2-4-17(16)28(26,27)22-12-11-21-18(24)13-7-9-15(10-8-13)23-19(25)14-5-6-14/h1-4,7-10,14,22H,5-6,11-12H2,(H,21,24)(H,23,25). The number of hydrogen-bond acceptors (Lipinski definition) is 4. The Hall–Kier alpha value is -2.42. The lowest BCUT2D eigenvalue weighted by Gasteiger charge is -2.10. The quantitative estimate of drug-likeness (QED) is 0.569. The monoisotopic (exact) mass is 421 g/mol. The highest BCUT2D eigenvalue weighted by atomic mass is 35.5. The molecule has 148 valence electrons. The number of anilines is 1. The van der Waals surface area contributed by atoms with Crippen LogP contribution >= 0.6 is 11.6 Å². The minimum atomic E-state index is -3.75. The first-order valence-corrected chi connectivity index (χ1v) is 10.7. The Bertz CT molecular complexity index is 973. The number of sulfonamides is 1. The van der Waals surface area contributed by atoms with Gasteiger partial charge in [-0.2, -0.15) is 0 Å². The summed E-state index contributed by atoms with van der Waals surface area (Å²) in [5.74, 6) is -0.225. The fraction of sp³-hybridized carbons (Fsp3) is 0.263. The Morgan fingerprint density at radius 2 is 1.68 bits per heavy atom. The molecule has 0 heterocycles. The molecule has 2 aromatic rings. The number of halogens is 1. The van der Waals surface area contributed by atoms with Gasteiger partial charge in [0, 0.05) is 30.3 Å². The minimum Gasteiger partial charge on any atom is -0.351 e. The van der Waals surface area contributed by atoms with Crippen LogP contribution in [0.5, 0.6) is 0 Å². The largest absolute Gasteiger partial charge is 0.351 e. The summed E-state index contributed by atoms with van der Waals surface area (Å²) < 4.78 is 26.8. The van der Waals surface area contributed by atoms with Gasteiger partial charge in [-0.1, -0.05) is 23.7 Å². The van der Waals surface area contributed by atoms with Crippen LogP contribution in [0, 0.1) is 5.92 Å². The van der Waals surface area contributed by atoms with E-state index in [1.165, 1.54) is 12.1 Å². The smallest absolute Gasteiger partial charge is 0.251 e. The molecule has 2 aromatic carbocycles. The first kappa shape index (κ1) is 20.3. The molecule has 0 radical (unpaired) electrons. The predicted molar refractivity (Wildman–Crippen MR) is 107 cm³/mol. The van der Waals surface area contributed by atoms with Crippen molar-refractivity contribution in [3.05, 3.63) is 59.1 Å². The minimum absolute atomic E-state index is 0.00278. The van der Waals surface area contributed by atoms with Crippen molar-refractivity contribution in [3.8, 4) is 0 Å². The van der Waals surface area contributed by atoms with Crippen LogP contribution in [-0.2, 0) is 14.8 Å². The van der Waals surface area contributed by atoms with Crippen molar-refractivity contribution in [1.82, 2.24) is 10.0 Å². The van der Waals surface area contributed by atoms with E-state index >= 15 is 0 Å². The van der Waals surface area contributed by atoms with Crippen LogP contribution in [0.15, 0.2) is 53.4 Å². The number of hydrogen-bond donors (Lipinski definition) is 3. The Kier molecular flexibility index (Phi) is 6.33. The van der Waals surface area contributed by atoms with Crippen molar-refractivity contribution in [1.29, 1.82) is 0 Å². The summed E-state index contributed by atoms with van der Waals surface area (Å²) in [6.45, 7) is 0.136. The third kappa shape index (κ3) is 5.31. The van der Waals surface area contributed by atoms with Crippen LogP contribution in [0.4, 0.5) is 5.69 Å². The average molecular weight is 422 g/mol. The van der Waals surface area contributed by atoms with Crippen molar-refractivity contribution in [2.75, 3.05) is 18.4 Å². The SMILES string of the molecule is O=C(NCCNS(=O)(=O)c1ccccc1Cl)c1ccc(NC(=O)C2CC2)cc1. The van der Waals surface area contributed by atoms with E-state index in [-0.39, 0.29) is 40.7 Å². The second-order valence-corrected chi connectivity index (χ2v) is 8.57. The molecule has 28 heavy (non-hydrogen) atoms. The topological polar surface area (TPSA) is 104 Å². The van der Waals surface area contributed by atoms with E-state index in [1.807, 2.05) is 0 Å². The normalized spacial score (nSPS) is 13.8. The summed E-state index contributed by atoms with van der Waals surface area (Å²) in [6.07, 6.45) is 1.85. The maximum atomic E-state index is 12.2. The lowest BCUT2D eigenvalue weighted by Crippen LogP contribution is -2.34. The van der Waals surface area contributed by atoms with Crippen LogP contribution in [0.25, 0.3) is 0 Å². The number of nitrogens with one attached hydrogen (secondary N) is 3. The van der Waals surface area contributed by atoms with Crippen molar-refractivity contribution in [2.24, 2.45) is 5.92 Å². The molecule has 7 nitrogen and oxygen atoms in total. The molecule has 0 aromatic heterocycles. The third-order valence-electron chi connectivity index (χ3n) is 4.19. The first-order chi connectivity index (χ1) is 13.4. The van der Waals surface area contributed by atoms with Crippen molar-refractivity contribution in [2.45, 2.75) is 17.7 Å². The zero-order valence-electron chi connectivity index (χ0n) is 14.9. The lowest BCUT2D eigenvalue weighted by molar-refractivity contribution is -0.117. The molecule has 1 fully saturated rings. The molecule has 3 rings (SSSR count). The summed E-state index contributed by atoms with van der Waals surface area (Å²) in [5, 5.41) is 5.57. The van der Waals surface area contributed by atoms with Crippen LogP contribution in [0.2, 0.25) is 5.02 Å². The zero-order valence-corrected chi connectivity index (χ0v) is 16.5. The van der Waals surface area contributed by atoms with E-state index in [4.69, 9.17) is 11.6 Å². The Labute approximate surface area is 168 Å². The summed E-state index contributed by atoms with van der Waals surface area (Å²) in [4.78, 5) is 23.9. The van der Waals surface area contributed by atoms with Gasteiger partial charge in [0.1, 0.15) is 4.90 Å². The van der Waals surface area contributed by atoms with Crippen molar-refractivity contribution >= 4 is 39.1 Å². The number of benzene rings is 2. The molecule has 1 aliphatic carbocycles. The summed E-state index contributed by atoms with van der Waals surface area (Å²) >= 11 is 5.90. The van der Waals surface area contributed by atoms with Crippen molar-refractivity contribution < 1.29 is 18.0 Å². The Morgan fingerprint density at radius 3 is 2.32 bits per heavy atom. The maximum Gasteiger partial charge on any atom is 0.251 e. The van der Waals surface area contributed by atoms with Crippen LogP contribution in [0.3, 0.4) is 0 Å². The van der Waals surface area contributed by atoms with Gasteiger partial charge in [0.25, 0.3) is 5.91 Å². The molecule has 1 saturated carbocycles. The van der Waals surface area contributed by atoms with Gasteiger partial charge in [0.15, 0.2) is 0 Å². The van der Waals surface area contributed by atoms with Gasteiger partial charge >= 0.3 is 0 Å². The zero-order chi connectivity index (χ0) is 20.1. The van der Waals surface area contributed by atoms with E-state index in [2.05, 4.69) is 15.4 Å². The molecule has 9 heteroatoms. The molecular formula is C19H20ClN3O4S. The molecular weight excluding hydrogens is 402 g/mol. The van der Waals surface area contributed by atoms with Gasteiger partial charge in [-0.3, -0.25) is 9.59 Å². The van der Waals surface area contributed by atoms with E-state index in [1.54, 1.807) is 36.4 Å². The number of carbonyl (C=O) groups is 2. The van der Waals surface area contributed by atoms with Gasteiger partial charge in [0.05, 0.1) is 5.02 Å².